The maximum absolute atomic E-state index is 10.3. The summed E-state index contributed by atoms with van der Waals surface area (Å²) in [5.41, 5.74) is 0. The van der Waals surface area contributed by atoms with Crippen molar-refractivity contribution in [3.63, 3.8) is 0 Å². The molecule has 136 valence electrons. The fraction of sp³-hybridized carbons (Fsp3) is 0.550. The van der Waals surface area contributed by atoms with E-state index < -0.39 is 12.1 Å². The number of hydrogen-bond donors (Lipinski definition) is 3. The van der Waals surface area contributed by atoms with Gasteiger partial charge in [0.2, 0.25) is 0 Å². The molecule has 0 unspecified atom stereocenters. The largest absolute Gasteiger partial charge is 0.481 e. The van der Waals surface area contributed by atoms with Crippen molar-refractivity contribution in [1.82, 2.24) is 0 Å². The monoisotopic (exact) mass is 336 g/mol. The molecule has 0 saturated carbocycles. The van der Waals surface area contributed by atoms with Crippen LogP contribution in [0.4, 0.5) is 0 Å². The predicted octanol–water partition coefficient (Wildman–Crippen LogP) is 4.16. The highest BCUT2D eigenvalue weighted by atomic mass is 16.4. The van der Waals surface area contributed by atoms with E-state index in [0.717, 1.165) is 32.1 Å². The molecule has 0 bridgehead atoms. The Bertz CT molecular complexity index is 421. The van der Waals surface area contributed by atoms with Gasteiger partial charge in [-0.2, -0.15) is 0 Å². The molecule has 0 heterocycles. The number of carboxylic acid groups (broad SMARTS) is 1. The van der Waals surface area contributed by atoms with Gasteiger partial charge in [0.25, 0.3) is 0 Å². The lowest BCUT2D eigenvalue weighted by Gasteiger charge is -2.02. The Kier molecular flexibility index (Phi) is 15.1. The number of rotatable bonds is 14. The molecule has 0 aliphatic rings. The van der Waals surface area contributed by atoms with Crippen LogP contribution >= 0.6 is 0 Å². The Hall–Kier alpha value is -1.65. The highest BCUT2D eigenvalue weighted by Crippen LogP contribution is 2.04. The molecule has 0 spiro atoms. The van der Waals surface area contributed by atoms with Crippen molar-refractivity contribution in [2.24, 2.45) is 0 Å². The SMILES string of the molecule is CCCCC[C@H](O)/C=C/C=C\C/C=C/C=C\[C@@H](O)CCCC(=O)O. The van der Waals surface area contributed by atoms with Crippen LogP contribution in [0.3, 0.4) is 0 Å². The van der Waals surface area contributed by atoms with Gasteiger partial charge in [-0.1, -0.05) is 74.8 Å². The normalized spacial score (nSPS) is 15.1. The summed E-state index contributed by atoms with van der Waals surface area (Å²) in [5, 5.41) is 27.8. The number of carboxylic acids is 1. The molecule has 0 amide bonds. The van der Waals surface area contributed by atoms with E-state index in [-0.39, 0.29) is 12.5 Å². The van der Waals surface area contributed by atoms with Gasteiger partial charge < -0.3 is 15.3 Å². The van der Waals surface area contributed by atoms with Gasteiger partial charge in [-0.25, -0.2) is 0 Å². The van der Waals surface area contributed by atoms with E-state index in [0.29, 0.717) is 12.8 Å². The van der Waals surface area contributed by atoms with Crippen LogP contribution in [0.1, 0.15) is 58.3 Å². The second-order valence-electron chi connectivity index (χ2n) is 5.78. The van der Waals surface area contributed by atoms with Gasteiger partial charge in [0, 0.05) is 6.42 Å². The first kappa shape index (κ1) is 22.4. The van der Waals surface area contributed by atoms with E-state index in [1.807, 2.05) is 36.5 Å². The Labute approximate surface area is 145 Å². The molecule has 0 aliphatic heterocycles. The summed E-state index contributed by atoms with van der Waals surface area (Å²) in [5.74, 6) is -0.833. The van der Waals surface area contributed by atoms with Gasteiger partial charge in [-0.05, 0) is 25.7 Å². The minimum atomic E-state index is -0.833. The molecule has 24 heavy (non-hydrogen) atoms. The van der Waals surface area contributed by atoms with Crippen LogP contribution < -0.4 is 0 Å². The summed E-state index contributed by atoms with van der Waals surface area (Å²) in [6.45, 7) is 2.15. The molecule has 3 N–H and O–H groups in total. The Morgan fingerprint density at radius 1 is 0.875 bits per heavy atom. The van der Waals surface area contributed by atoms with E-state index in [4.69, 9.17) is 5.11 Å². The van der Waals surface area contributed by atoms with Gasteiger partial charge in [-0.15, -0.1) is 0 Å². The lowest BCUT2D eigenvalue weighted by atomic mass is 10.1. The van der Waals surface area contributed by atoms with Crippen molar-refractivity contribution in [1.29, 1.82) is 0 Å². The maximum atomic E-state index is 10.3. The molecular formula is C20H32O4. The van der Waals surface area contributed by atoms with Crippen LogP contribution in [0.5, 0.6) is 0 Å². The number of unbranched alkanes of at least 4 members (excludes halogenated alkanes) is 2. The summed E-state index contributed by atoms with van der Waals surface area (Å²) in [6, 6.07) is 0. The minimum Gasteiger partial charge on any atom is -0.481 e. The summed E-state index contributed by atoms with van der Waals surface area (Å²) in [6.07, 6.45) is 19.9. The number of aliphatic carboxylic acids is 1. The zero-order valence-electron chi connectivity index (χ0n) is 14.7. The minimum absolute atomic E-state index is 0.0896. The zero-order chi connectivity index (χ0) is 18.0. The average molecular weight is 336 g/mol. The fourth-order valence-corrected chi connectivity index (χ4v) is 2.04. The van der Waals surface area contributed by atoms with E-state index in [1.165, 1.54) is 0 Å². The van der Waals surface area contributed by atoms with Gasteiger partial charge in [0.05, 0.1) is 12.2 Å². The standard InChI is InChI=1S/C20H32O4/c1-2-3-9-13-18(21)14-10-7-5-4-6-8-11-15-19(22)16-12-17-20(23)24/h5-8,10-11,14-15,18-19,21-22H,2-4,9,12-13,16-17H2,1H3,(H,23,24)/b7-5-,8-6+,14-10+,15-11-/t18-,19+/m0/s1. The van der Waals surface area contributed by atoms with E-state index >= 15 is 0 Å². The molecule has 0 aromatic heterocycles. The van der Waals surface area contributed by atoms with Crippen molar-refractivity contribution in [3.05, 3.63) is 48.6 Å². The highest BCUT2D eigenvalue weighted by Gasteiger charge is 2.01. The molecule has 0 fully saturated rings. The Morgan fingerprint density at radius 3 is 1.92 bits per heavy atom. The van der Waals surface area contributed by atoms with E-state index in [2.05, 4.69) is 6.92 Å². The molecule has 0 saturated heterocycles. The number of aliphatic hydroxyl groups excluding tert-OH is 2. The quantitative estimate of drug-likeness (QED) is 0.329. The molecule has 0 rings (SSSR count). The lowest BCUT2D eigenvalue weighted by Crippen LogP contribution is -2.03. The van der Waals surface area contributed by atoms with Crippen LogP contribution in [-0.4, -0.2) is 33.5 Å². The topological polar surface area (TPSA) is 77.8 Å². The van der Waals surface area contributed by atoms with E-state index in [9.17, 15) is 15.0 Å². The van der Waals surface area contributed by atoms with Crippen molar-refractivity contribution in [2.45, 2.75) is 70.5 Å². The highest BCUT2D eigenvalue weighted by molar-refractivity contribution is 5.66. The van der Waals surface area contributed by atoms with Gasteiger partial charge in [0.1, 0.15) is 0 Å². The summed E-state index contributed by atoms with van der Waals surface area (Å²) in [7, 11) is 0. The Balaban J connectivity index is 3.75. The second-order valence-corrected chi connectivity index (χ2v) is 5.78. The molecule has 4 heteroatoms. The predicted molar refractivity (Wildman–Crippen MR) is 98.8 cm³/mol. The van der Waals surface area contributed by atoms with E-state index in [1.54, 1.807) is 12.2 Å². The molecule has 0 radical (unpaired) electrons. The smallest absolute Gasteiger partial charge is 0.303 e. The molecule has 0 aromatic carbocycles. The third-order valence-corrected chi connectivity index (χ3v) is 3.43. The number of carbonyl (C=O) groups is 1. The zero-order valence-corrected chi connectivity index (χ0v) is 14.7. The first-order valence-electron chi connectivity index (χ1n) is 8.80. The Morgan fingerprint density at radius 2 is 1.42 bits per heavy atom. The first-order valence-corrected chi connectivity index (χ1v) is 8.80. The van der Waals surface area contributed by atoms with Crippen LogP contribution in [-0.2, 0) is 4.79 Å². The second kappa shape index (κ2) is 16.2. The lowest BCUT2D eigenvalue weighted by molar-refractivity contribution is -0.137. The third kappa shape index (κ3) is 16.7. The van der Waals surface area contributed by atoms with Gasteiger partial charge >= 0.3 is 5.97 Å². The third-order valence-electron chi connectivity index (χ3n) is 3.43. The van der Waals surface area contributed by atoms with Crippen molar-refractivity contribution in [3.8, 4) is 0 Å². The van der Waals surface area contributed by atoms with Gasteiger partial charge in [0.15, 0.2) is 0 Å². The number of allylic oxidation sites excluding steroid dienone is 6. The number of hydrogen-bond acceptors (Lipinski definition) is 3. The van der Waals surface area contributed by atoms with Gasteiger partial charge in [-0.3, -0.25) is 4.79 Å². The number of aliphatic hydroxyl groups is 2. The van der Waals surface area contributed by atoms with Crippen molar-refractivity contribution >= 4 is 5.97 Å². The van der Waals surface area contributed by atoms with Crippen LogP contribution in [0.25, 0.3) is 0 Å². The van der Waals surface area contributed by atoms with Crippen LogP contribution in [0.2, 0.25) is 0 Å². The molecule has 2 atom stereocenters. The summed E-state index contributed by atoms with van der Waals surface area (Å²) in [4.78, 5) is 10.3. The molecule has 0 aromatic rings. The van der Waals surface area contributed by atoms with Crippen LogP contribution in [0, 0.1) is 0 Å². The summed E-state index contributed by atoms with van der Waals surface area (Å²) >= 11 is 0. The maximum Gasteiger partial charge on any atom is 0.303 e. The first-order chi connectivity index (χ1) is 11.6. The van der Waals surface area contributed by atoms with Crippen LogP contribution in [0.15, 0.2) is 48.6 Å². The molecule has 4 nitrogen and oxygen atoms in total. The fourth-order valence-electron chi connectivity index (χ4n) is 2.04. The molecular weight excluding hydrogens is 304 g/mol. The van der Waals surface area contributed by atoms with Crippen molar-refractivity contribution in [2.75, 3.05) is 0 Å². The van der Waals surface area contributed by atoms with Crippen molar-refractivity contribution < 1.29 is 20.1 Å². The molecule has 0 aliphatic carbocycles. The summed E-state index contributed by atoms with van der Waals surface area (Å²) < 4.78 is 0. The average Bonchev–Trinajstić information content (AvgIpc) is 2.53.